The fourth-order valence-electron chi connectivity index (χ4n) is 0.854. The van der Waals surface area contributed by atoms with E-state index in [-0.39, 0.29) is 13.5 Å². The second kappa shape index (κ2) is 4.42. The van der Waals surface area contributed by atoms with Gasteiger partial charge in [-0.3, -0.25) is 20.2 Å². The molecule has 8 heteroatoms. The lowest BCUT2D eigenvalue weighted by Gasteiger charge is -1.95. The molecule has 0 unspecified atom stereocenters. The Bertz CT molecular complexity index is 380. The number of hydrogen-bond donors (Lipinski definition) is 1. The first-order valence-electron chi connectivity index (χ1n) is 3.15. The number of benzene rings is 1. The highest BCUT2D eigenvalue weighted by Crippen LogP contribution is 2.34. The van der Waals surface area contributed by atoms with Crippen LogP contribution in [0, 0.1) is 20.2 Å². The second-order valence-electron chi connectivity index (χ2n) is 2.16. The van der Waals surface area contributed by atoms with Crippen LogP contribution in [0.1, 0.15) is 0 Å². The Hall–Kier alpha value is -1.83. The average Bonchev–Trinajstić information content (AvgIpc) is 2.02. The maximum absolute atomic E-state index is 10.3. The number of rotatable bonds is 2. The van der Waals surface area contributed by atoms with Crippen molar-refractivity contribution >= 4 is 24.9 Å². The number of nitro groups is 2. The number of phenolic OH excluding ortho intramolecular Hbond substituents is 1. The van der Waals surface area contributed by atoms with Gasteiger partial charge in [0.25, 0.3) is 0 Å². The Labute approximate surface area is 84.7 Å². The van der Waals surface area contributed by atoms with E-state index < -0.39 is 27.0 Å². The molecule has 1 aromatic rings. The molecule has 1 N–H and O–H groups in total. The molecule has 0 aromatic heterocycles. The fraction of sp³-hybridized carbons (Fsp3) is 0. The van der Waals surface area contributed by atoms with Gasteiger partial charge < -0.3 is 5.11 Å². The first kappa shape index (κ1) is 12.2. The van der Waals surface area contributed by atoms with Gasteiger partial charge in [0, 0.05) is 6.07 Å². The maximum Gasteiger partial charge on any atom is 0.387 e. The SMILES string of the molecule is O=[N+]([O-])c1cccc(O)c1[N+](=O)[O-].S. The van der Waals surface area contributed by atoms with Gasteiger partial charge in [-0.1, -0.05) is 6.07 Å². The van der Waals surface area contributed by atoms with E-state index in [0.717, 1.165) is 12.1 Å². The molecule has 14 heavy (non-hydrogen) atoms. The Kier molecular flexibility index (Phi) is 3.84. The fourth-order valence-corrected chi connectivity index (χ4v) is 0.854. The van der Waals surface area contributed by atoms with Gasteiger partial charge in [-0.25, -0.2) is 0 Å². The van der Waals surface area contributed by atoms with Crippen LogP contribution in [0.4, 0.5) is 11.4 Å². The largest absolute Gasteiger partial charge is 0.502 e. The Morgan fingerprint density at radius 2 is 1.71 bits per heavy atom. The monoisotopic (exact) mass is 218 g/mol. The van der Waals surface area contributed by atoms with Crippen molar-refractivity contribution < 1.29 is 15.0 Å². The van der Waals surface area contributed by atoms with Gasteiger partial charge in [-0.05, 0) is 6.07 Å². The van der Waals surface area contributed by atoms with E-state index in [1.807, 2.05) is 0 Å². The van der Waals surface area contributed by atoms with Crippen molar-refractivity contribution in [2.75, 3.05) is 0 Å². The third-order valence-electron chi connectivity index (χ3n) is 1.37. The van der Waals surface area contributed by atoms with Gasteiger partial charge in [0.1, 0.15) is 0 Å². The summed E-state index contributed by atoms with van der Waals surface area (Å²) >= 11 is 0. The minimum Gasteiger partial charge on any atom is -0.502 e. The number of nitro benzene ring substituents is 2. The Morgan fingerprint density at radius 3 is 2.07 bits per heavy atom. The smallest absolute Gasteiger partial charge is 0.387 e. The molecule has 0 heterocycles. The average molecular weight is 218 g/mol. The van der Waals surface area contributed by atoms with Crippen LogP contribution in [0.5, 0.6) is 5.75 Å². The molecular weight excluding hydrogens is 212 g/mol. The molecule has 0 fully saturated rings. The second-order valence-corrected chi connectivity index (χ2v) is 2.16. The van der Waals surface area contributed by atoms with Crippen LogP contribution in [0.2, 0.25) is 0 Å². The molecule has 0 amide bonds. The number of phenols is 1. The van der Waals surface area contributed by atoms with Gasteiger partial charge in [0.05, 0.1) is 9.85 Å². The van der Waals surface area contributed by atoms with E-state index in [9.17, 15) is 20.2 Å². The van der Waals surface area contributed by atoms with Crippen molar-refractivity contribution in [3.05, 3.63) is 38.4 Å². The van der Waals surface area contributed by atoms with E-state index in [2.05, 4.69) is 0 Å². The van der Waals surface area contributed by atoms with E-state index in [4.69, 9.17) is 5.11 Å². The van der Waals surface area contributed by atoms with Crippen molar-refractivity contribution in [1.29, 1.82) is 0 Å². The summed E-state index contributed by atoms with van der Waals surface area (Å²) in [4.78, 5) is 18.6. The molecule has 1 rings (SSSR count). The summed E-state index contributed by atoms with van der Waals surface area (Å²) in [5, 5.41) is 29.5. The Balaban J connectivity index is 0.00000169. The third kappa shape index (κ3) is 2.10. The van der Waals surface area contributed by atoms with Crippen LogP contribution in [0.3, 0.4) is 0 Å². The van der Waals surface area contributed by atoms with Gasteiger partial charge in [-0.15, -0.1) is 0 Å². The quantitative estimate of drug-likeness (QED) is 0.595. The summed E-state index contributed by atoms with van der Waals surface area (Å²) in [6.45, 7) is 0. The minimum atomic E-state index is -0.993. The Morgan fingerprint density at radius 1 is 1.14 bits per heavy atom. The normalized spacial score (nSPS) is 8.86. The topological polar surface area (TPSA) is 107 Å². The first-order valence-corrected chi connectivity index (χ1v) is 3.15. The number of nitrogens with zero attached hydrogens (tertiary/aromatic N) is 2. The van der Waals surface area contributed by atoms with Crippen molar-refractivity contribution in [3.63, 3.8) is 0 Å². The van der Waals surface area contributed by atoms with Crippen LogP contribution in [0.15, 0.2) is 18.2 Å². The summed E-state index contributed by atoms with van der Waals surface area (Å²) in [5.41, 5.74) is -1.60. The van der Waals surface area contributed by atoms with Gasteiger partial charge in [-0.2, -0.15) is 13.5 Å². The van der Waals surface area contributed by atoms with E-state index in [0.29, 0.717) is 0 Å². The summed E-state index contributed by atoms with van der Waals surface area (Å²) in [6.07, 6.45) is 0. The van der Waals surface area contributed by atoms with E-state index >= 15 is 0 Å². The lowest BCUT2D eigenvalue weighted by Crippen LogP contribution is -1.96. The summed E-state index contributed by atoms with van der Waals surface area (Å²) in [7, 11) is 0. The number of para-hydroxylation sites is 1. The van der Waals surface area contributed by atoms with Gasteiger partial charge >= 0.3 is 11.4 Å². The number of aromatic hydroxyl groups is 1. The van der Waals surface area contributed by atoms with Crippen molar-refractivity contribution in [2.24, 2.45) is 0 Å². The van der Waals surface area contributed by atoms with Crippen LogP contribution in [0.25, 0.3) is 0 Å². The molecule has 0 aliphatic rings. The molecule has 0 bridgehead atoms. The molecule has 0 saturated carbocycles. The predicted molar refractivity (Wildman–Crippen MR) is 51.8 cm³/mol. The highest BCUT2D eigenvalue weighted by molar-refractivity contribution is 7.59. The minimum absolute atomic E-state index is 0. The lowest BCUT2D eigenvalue weighted by atomic mass is 10.2. The zero-order valence-electron chi connectivity index (χ0n) is 6.71. The van der Waals surface area contributed by atoms with Crippen LogP contribution >= 0.6 is 13.5 Å². The molecule has 0 radical (unpaired) electrons. The van der Waals surface area contributed by atoms with Crippen LogP contribution in [-0.4, -0.2) is 15.0 Å². The standard InChI is InChI=1S/C6H4N2O5.H2S/c9-5-3-1-2-4(7(10)11)6(5)8(12)13;/h1-3,9H;1H2. The zero-order valence-corrected chi connectivity index (χ0v) is 7.71. The van der Waals surface area contributed by atoms with E-state index in [1.165, 1.54) is 6.07 Å². The molecule has 0 aliphatic carbocycles. The molecule has 0 aliphatic heterocycles. The molecule has 0 atom stereocenters. The van der Waals surface area contributed by atoms with Gasteiger partial charge in [0.15, 0.2) is 0 Å². The molecular formula is C6H6N2O5S. The van der Waals surface area contributed by atoms with E-state index in [1.54, 1.807) is 0 Å². The van der Waals surface area contributed by atoms with Crippen molar-refractivity contribution in [3.8, 4) is 5.75 Å². The van der Waals surface area contributed by atoms with Crippen molar-refractivity contribution in [2.45, 2.75) is 0 Å². The first-order chi connectivity index (χ1) is 6.04. The summed E-state index contributed by atoms with van der Waals surface area (Å²) < 4.78 is 0. The van der Waals surface area contributed by atoms with Crippen LogP contribution in [-0.2, 0) is 0 Å². The molecule has 76 valence electrons. The highest BCUT2D eigenvalue weighted by atomic mass is 32.1. The summed E-state index contributed by atoms with van der Waals surface area (Å²) in [5.74, 6) is -0.709. The van der Waals surface area contributed by atoms with Crippen LogP contribution < -0.4 is 0 Å². The zero-order chi connectivity index (χ0) is 10.0. The predicted octanol–water partition coefficient (Wildman–Crippen LogP) is 1.32. The molecule has 7 nitrogen and oxygen atoms in total. The van der Waals surface area contributed by atoms with Gasteiger partial charge in [0.2, 0.25) is 5.75 Å². The highest BCUT2D eigenvalue weighted by Gasteiger charge is 2.27. The maximum atomic E-state index is 10.3. The third-order valence-corrected chi connectivity index (χ3v) is 1.37. The molecule has 0 saturated heterocycles. The number of hydrogen-bond acceptors (Lipinski definition) is 5. The molecule has 0 spiro atoms. The molecule has 1 aromatic carbocycles. The summed E-state index contributed by atoms with van der Waals surface area (Å²) in [6, 6.07) is 3.14. The lowest BCUT2D eigenvalue weighted by molar-refractivity contribution is -0.423. The van der Waals surface area contributed by atoms with Crippen molar-refractivity contribution in [1.82, 2.24) is 0 Å².